The Bertz CT molecular complexity index is 1170. The second-order valence-electron chi connectivity index (χ2n) is 6.33. The van der Waals surface area contributed by atoms with E-state index in [0.717, 1.165) is 18.4 Å². The van der Waals surface area contributed by atoms with Gasteiger partial charge in [0.25, 0.3) is 0 Å². The molecule has 0 spiro atoms. The average molecular weight is 415 g/mol. The standard InChI is InChI=1S/C19H18N4O3S2/c24-18-15-9-5-4-8-14(15)16(10-17(18)27-19-20-12-21-22-19)23-28(25,26)11-13-6-2-1-3-7-13/h2,4-10,12,23-24H,1,3,11H2,(H,20,21,22). The molecule has 144 valence electrons. The van der Waals surface area contributed by atoms with Gasteiger partial charge in [0.05, 0.1) is 16.3 Å². The van der Waals surface area contributed by atoms with E-state index >= 15 is 0 Å². The number of anilines is 1. The third kappa shape index (κ3) is 4.05. The summed E-state index contributed by atoms with van der Waals surface area (Å²) < 4.78 is 28.2. The van der Waals surface area contributed by atoms with Gasteiger partial charge in [0.1, 0.15) is 12.1 Å². The maximum Gasteiger partial charge on any atom is 0.236 e. The molecule has 3 N–H and O–H groups in total. The van der Waals surface area contributed by atoms with Gasteiger partial charge >= 0.3 is 0 Å². The summed E-state index contributed by atoms with van der Waals surface area (Å²) in [5, 5.41) is 18.8. The number of aromatic amines is 1. The number of aromatic nitrogens is 3. The Morgan fingerprint density at radius 2 is 2.04 bits per heavy atom. The summed E-state index contributed by atoms with van der Waals surface area (Å²) in [5.74, 6) is -0.0265. The van der Waals surface area contributed by atoms with Crippen molar-refractivity contribution in [2.24, 2.45) is 0 Å². The molecule has 0 radical (unpaired) electrons. The third-order valence-electron chi connectivity index (χ3n) is 4.27. The maximum atomic E-state index is 12.7. The van der Waals surface area contributed by atoms with Crippen LogP contribution in [0.2, 0.25) is 0 Å². The molecule has 1 aliphatic rings. The minimum atomic E-state index is -3.61. The fourth-order valence-corrected chi connectivity index (χ4v) is 5.06. The van der Waals surface area contributed by atoms with E-state index in [1.807, 2.05) is 18.2 Å². The van der Waals surface area contributed by atoms with Crippen molar-refractivity contribution in [2.45, 2.75) is 22.9 Å². The van der Waals surface area contributed by atoms with Crippen molar-refractivity contribution in [2.75, 3.05) is 10.5 Å². The highest BCUT2D eigenvalue weighted by Gasteiger charge is 2.18. The van der Waals surface area contributed by atoms with Crippen LogP contribution in [-0.4, -0.2) is 34.5 Å². The second-order valence-corrected chi connectivity index (χ2v) is 9.08. The van der Waals surface area contributed by atoms with Crippen LogP contribution in [0.5, 0.6) is 5.75 Å². The van der Waals surface area contributed by atoms with Crippen molar-refractivity contribution in [3.8, 4) is 5.75 Å². The highest BCUT2D eigenvalue weighted by Crippen LogP contribution is 2.41. The van der Waals surface area contributed by atoms with Crippen molar-refractivity contribution in [3.05, 3.63) is 60.5 Å². The van der Waals surface area contributed by atoms with Gasteiger partial charge in [-0.3, -0.25) is 9.82 Å². The van der Waals surface area contributed by atoms with Gasteiger partial charge in [-0.05, 0) is 36.2 Å². The largest absolute Gasteiger partial charge is 0.506 e. The lowest BCUT2D eigenvalue weighted by Gasteiger charge is -2.15. The predicted molar refractivity (Wildman–Crippen MR) is 110 cm³/mol. The molecule has 1 aromatic heterocycles. The predicted octanol–water partition coefficient (Wildman–Crippen LogP) is 3.83. The number of hydrogen-bond acceptors (Lipinski definition) is 6. The second kappa shape index (κ2) is 7.69. The van der Waals surface area contributed by atoms with E-state index in [1.165, 1.54) is 18.1 Å². The Labute approximate surface area is 166 Å². The average Bonchev–Trinajstić information content (AvgIpc) is 3.19. The lowest BCUT2D eigenvalue weighted by molar-refractivity contribution is 0.469. The van der Waals surface area contributed by atoms with E-state index in [0.29, 0.717) is 26.5 Å². The lowest BCUT2D eigenvalue weighted by Crippen LogP contribution is -2.18. The molecule has 0 saturated carbocycles. The number of rotatable bonds is 6. The van der Waals surface area contributed by atoms with Gasteiger partial charge in [-0.25, -0.2) is 13.4 Å². The molecule has 1 heterocycles. The quantitative estimate of drug-likeness (QED) is 0.529. The van der Waals surface area contributed by atoms with Crippen LogP contribution in [0.3, 0.4) is 0 Å². The molecule has 4 rings (SSSR count). The molecular formula is C19H18N4O3S2. The number of allylic oxidation sites excluding steroid dienone is 3. The molecule has 0 bridgehead atoms. The van der Waals surface area contributed by atoms with E-state index < -0.39 is 10.0 Å². The van der Waals surface area contributed by atoms with Gasteiger partial charge in [0.2, 0.25) is 10.0 Å². The fraction of sp³-hybridized carbons (Fsp3) is 0.158. The molecule has 0 saturated heterocycles. The Kier molecular flexibility index (Phi) is 5.10. The van der Waals surface area contributed by atoms with Crippen LogP contribution >= 0.6 is 11.8 Å². The summed E-state index contributed by atoms with van der Waals surface area (Å²) in [7, 11) is -3.61. The van der Waals surface area contributed by atoms with Gasteiger partial charge < -0.3 is 5.11 Å². The lowest BCUT2D eigenvalue weighted by atomic mass is 10.1. The van der Waals surface area contributed by atoms with E-state index in [1.54, 1.807) is 30.3 Å². The van der Waals surface area contributed by atoms with Gasteiger partial charge in [-0.2, -0.15) is 5.10 Å². The minimum Gasteiger partial charge on any atom is -0.506 e. The Morgan fingerprint density at radius 1 is 1.21 bits per heavy atom. The topological polar surface area (TPSA) is 108 Å². The van der Waals surface area contributed by atoms with Gasteiger partial charge in [-0.1, -0.05) is 42.5 Å². The molecule has 0 unspecified atom stereocenters. The minimum absolute atomic E-state index is 0.0675. The number of fused-ring (bicyclic) bond motifs is 1. The SMILES string of the molecule is O=S(=O)(CC1=CCCC=C1)Nc1cc(Sc2ncn[nH]2)c(O)c2ccccc12. The zero-order chi connectivity index (χ0) is 19.6. The summed E-state index contributed by atoms with van der Waals surface area (Å²) >= 11 is 1.18. The molecule has 0 aliphatic heterocycles. The highest BCUT2D eigenvalue weighted by atomic mass is 32.2. The Morgan fingerprint density at radius 3 is 2.75 bits per heavy atom. The van der Waals surface area contributed by atoms with Crippen LogP contribution in [0.25, 0.3) is 10.8 Å². The summed E-state index contributed by atoms with van der Waals surface area (Å²) in [5.41, 5.74) is 1.19. The van der Waals surface area contributed by atoms with E-state index in [-0.39, 0.29) is 11.5 Å². The van der Waals surface area contributed by atoms with Crippen LogP contribution in [0, 0.1) is 0 Å². The van der Waals surface area contributed by atoms with Gasteiger partial charge in [-0.15, -0.1) is 0 Å². The molecule has 0 atom stereocenters. The number of aromatic hydroxyl groups is 1. The molecular weight excluding hydrogens is 396 g/mol. The van der Waals surface area contributed by atoms with Crippen molar-refractivity contribution < 1.29 is 13.5 Å². The zero-order valence-corrected chi connectivity index (χ0v) is 16.4. The molecule has 2 aromatic carbocycles. The molecule has 3 aromatic rings. The normalized spacial score (nSPS) is 14.2. The number of nitrogens with one attached hydrogen (secondary N) is 2. The number of benzene rings is 2. The van der Waals surface area contributed by atoms with Gasteiger partial charge in [0, 0.05) is 10.8 Å². The molecule has 28 heavy (non-hydrogen) atoms. The summed E-state index contributed by atoms with van der Waals surface area (Å²) in [6, 6.07) is 8.73. The maximum absolute atomic E-state index is 12.7. The summed E-state index contributed by atoms with van der Waals surface area (Å²) in [6.45, 7) is 0. The number of phenolic OH excluding ortho intramolecular Hbond substituents is 1. The first-order chi connectivity index (χ1) is 13.5. The number of phenols is 1. The molecule has 9 heteroatoms. The smallest absolute Gasteiger partial charge is 0.236 e. The molecule has 7 nitrogen and oxygen atoms in total. The van der Waals surface area contributed by atoms with E-state index in [2.05, 4.69) is 19.9 Å². The molecule has 0 amide bonds. The van der Waals surface area contributed by atoms with Gasteiger partial charge in [0.15, 0.2) is 5.16 Å². The summed E-state index contributed by atoms with van der Waals surface area (Å²) in [4.78, 5) is 4.52. The van der Waals surface area contributed by atoms with Crippen LogP contribution in [0.1, 0.15) is 12.8 Å². The van der Waals surface area contributed by atoms with Crippen molar-refractivity contribution in [1.82, 2.24) is 15.2 Å². The van der Waals surface area contributed by atoms with E-state index in [9.17, 15) is 13.5 Å². The first-order valence-electron chi connectivity index (χ1n) is 8.66. The van der Waals surface area contributed by atoms with Crippen LogP contribution in [-0.2, 0) is 10.0 Å². The zero-order valence-electron chi connectivity index (χ0n) is 14.8. The Balaban J connectivity index is 1.72. The van der Waals surface area contributed by atoms with Crippen molar-refractivity contribution >= 4 is 38.2 Å². The van der Waals surface area contributed by atoms with Crippen LogP contribution in [0.15, 0.2) is 70.5 Å². The molecule has 1 aliphatic carbocycles. The van der Waals surface area contributed by atoms with Crippen LogP contribution in [0.4, 0.5) is 5.69 Å². The van der Waals surface area contributed by atoms with Crippen molar-refractivity contribution in [3.63, 3.8) is 0 Å². The number of hydrogen-bond donors (Lipinski definition) is 3. The van der Waals surface area contributed by atoms with E-state index in [4.69, 9.17) is 0 Å². The highest BCUT2D eigenvalue weighted by molar-refractivity contribution is 7.99. The van der Waals surface area contributed by atoms with Crippen molar-refractivity contribution in [1.29, 1.82) is 0 Å². The first-order valence-corrected chi connectivity index (χ1v) is 11.1. The molecule has 0 fully saturated rings. The monoisotopic (exact) mass is 414 g/mol. The Hall–Kier alpha value is -2.78. The number of sulfonamides is 1. The fourth-order valence-electron chi connectivity index (χ4n) is 3.04. The third-order valence-corrected chi connectivity index (χ3v) is 6.44. The van der Waals surface area contributed by atoms with Crippen LogP contribution < -0.4 is 4.72 Å². The summed E-state index contributed by atoms with van der Waals surface area (Å²) in [6.07, 6.45) is 8.92. The number of H-pyrrole nitrogens is 1. The first kappa shape index (κ1) is 18.6. The number of nitrogens with zero attached hydrogens (tertiary/aromatic N) is 2.